The second-order valence-corrected chi connectivity index (χ2v) is 8.60. The van der Waals surface area contributed by atoms with Crippen molar-refractivity contribution >= 4 is 11.8 Å². The van der Waals surface area contributed by atoms with Gasteiger partial charge in [-0.1, -0.05) is 44.2 Å². The summed E-state index contributed by atoms with van der Waals surface area (Å²) in [6, 6.07) is 9.47. The fraction of sp³-hybridized carbons (Fsp3) is 0.667. The van der Waals surface area contributed by atoms with E-state index in [1.54, 1.807) is 11.8 Å². The Morgan fingerprint density at radius 2 is 2.10 bits per heavy atom. The first-order chi connectivity index (χ1) is 10.4. The topological polar surface area (TPSA) is 29.5 Å². The summed E-state index contributed by atoms with van der Waals surface area (Å²) >= 11 is 1.55. The maximum absolute atomic E-state index is 10.6. The maximum Gasteiger partial charge on any atom is 0.133 e. The second kappa shape index (κ2) is 5.00. The molecule has 2 bridgehead atoms. The quantitative estimate of drug-likeness (QED) is 0.899. The van der Waals surface area contributed by atoms with Crippen LogP contribution in [0, 0.1) is 23.2 Å². The molecule has 1 aromatic rings. The minimum absolute atomic E-state index is 0.436. The van der Waals surface area contributed by atoms with Crippen LogP contribution in [-0.2, 0) is 4.74 Å². The van der Waals surface area contributed by atoms with Gasteiger partial charge in [0, 0.05) is 5.25 Å². The van der Waals surface area contributed by atoms with Crippen molar-refractivity contribution in [2.45, 2.75) is 43.5 Å². The molecule has 4 fully saturated rings. The van der Waals surface area contributed by atoms with E-state index >= 15 is 0 Å². The smallest absolute Gasteiger partial charge is 0.133 e. The molecule has 1 saturated heterocycles. The minimum Gasteiger partial charge on any atom is -0.385 e. The largest absolute Gasteiger partial charge is 0.385 e. The maximum atomic E-state index is 10.6. The SMILES string of the molecule is [2H][C@@]1(C(O)c2ccccc2)OC[C@@H]2[C@H](C[C@H]3C[C@@H]2C3(C)C)S1. The molecule has 4 aliphatic rings. The molecule has 2 nitrogen and oxygen atoms in total. The molecule has 114 valence electrons. The number of ether oxygens (including phenoxy) is 1. The Balaban J connectivity index is 1.53. The van der Waals surface area contributed by atoms with Crippen LogP contribution in [0.5, 0.6) is 0 Å². The number of hydrogen-bond donors (Lipinski definition) is 1. The van der Waals surface area contributed by atoms with Crippen LogP contribution in [0.3, 0.4) is 0 Å². The first-order valence-corrected chi connectivity index (χ1v) is 8.84. The fourth-order valence-electron chi connectivity index (χ4n) is 4.53. The van der Waals surface area contributed by atoms with E-state index in [2.05, 4.69) is 13.8 Å². The molecule has 21 heavy (non-hydrogen) atoms. The third-order valence-corrected chi connectivity index (χ3v) is 7.50. The first-order valence-electron chi connectivity index (χ1n) is 8.46. The molecule has 1 aliphatic heterocycles. The van der Waals surface area contributed by atoms with E-state index < -0.39 is 11.5 Å². The highest BCUT2D eigenvalue weighted by Gasteiger charge is 2.59. The van der Waals surface area contributed by atoms with Gasteiger partial charge in [0.1, 0.15) is 11.5 Å². The van der Waals surface area contributed by atoms with Crippen LogP contribution >= 0.6 is 11.8 Å². The summed E-state index contributed by atoms with van der Waals surface area (Å²) in [5, 5.41) is 11.1. The summed E-state index contributed by atoms with van der Waals surface area (Å²) in [4.78, 5) is 0. The van der Waals surface area contributed by atoms with E-state index in [9.17, 15) is 5.11 Å². The average molecular weight is 305 g/mol. The molecular formula is C18H24O2S. The van der Waals surface area contributed by atoms with Crippen LogP contribution in [0.2, 0.25) is 0 Å². The molecule has 3 heteroatoms. The van der Waals surface area contributed by atoms with Crippen LogP contribution in [0.15, 0.2) is 30.3 Å². The second-order valence-electron chi connectivity index (χ2n) is 7.36. The number of hydrogen-bond acceptors (Lipinski definition) is 3. The molecule has 1 aromatic carbocycles. The zero-order valence-corrected chi connectivity index (χ0v) is 13.5. The number of rotatable bonds is 2. The van der Waals surface area contributed by atoms with Crippen molar-refractivity contribution in [3.8, 4) is 0 Å². The van der Waals surface area contributed by atoms with Crippen molar-refractivity contribution in [3.63, 3.8) is 0 Å². The highest BCUT2D eigenvalue weighted by atomic mass is 32.2. The number of benzene rings is 1. The van der Waals surface area contributed by atoms with E-state index in [1.165, 1.54) is 12.8 Å². The Morgan fingerprint density at radius 1 is 1.33 bits per heavy atom. The average Bonchev–Trinajstić information content (AvgIpc) is 2.54. The summed E-state index contributed by atoms with van der Waals surface area (Å²) in [6.07, 6.45) is 1.60. The van der Waals surface area contributed by atoms with Crippen molar-refractivity contribution in [3.05, 3.63) is 35.9 Å². The Morgan fingerprint density at radius 3 is 2.81 bits per heavy atom. The van der Waals surface area contributed by atoms with Gasteiger partial charge >= 0.3 is 0 Å². The van der Waals surface area contributed by atoms with Gasteiger partial charge in [-0.3, -0.25) is 0 Å². The standard InChI is InChI=1S/C18H24O2S/c1-18(2)12-8-14(18)13-10-20-17(21-15(13)9-12)16(19)11-6-4-3-5-7-11/h3-7,12-17,19H,8-10H2,1-2H3/t12-,13+,14+,15+,16?,17-/m1/s1/i17D. The lowest BCUT2D eigenvalue weighted by Gasteiger charge is -2.63. The van der Waals surface area contributed by atoms with Gasteiger partial charge in [-0.15, -0.1) is 11.8 Å². The summed E-state index contributed by atoms with van der Waals surface area (Å²) in [5.74, 6) is 2.05. The zero-order valence-electron chi connectivity index (χ0n) is 13.7. The first kappa shape index (κ1) is 13.0. The Kier molecular flexibility index (Phi) is 3.09. The third kappa shape index (κ3) is 2.16. The monoisotopic (exact) mass is 305 g/mol. The normalized spacial score (nSPS) is 46.0. The van der Waals surface area contributed by atoms with Gasteiger partial charge < -0.3 is 9.84 Å². The number of thioether (sulfide) groups is 1. The molecule has 1 heterocycles. The minimum atomic E-state index is -1.27. The molecule has 0 amide bonds. The molecule has 0 spiro atoms. The molecular weight excluding hydrogens is 280 g/mol. The molecule has 3 saturated carbocycles. The van der Waals surface area contributed by atoms with E-state index in [0.717, 1.165) is 17.4 Å². The van der Waals surface area contributed by atoms with Crippen molar-refractivity contribution in [2.24, 2.45) is 23.2 Å². The van der Waals surface area contributed by atoms with Crippen LogP contribution in [0.1, 0.15) is 39.7 Å². The molecule has 0 radical (unpaired) electrons. The lowest BCUT2D eigenvalue weighted by molar-refractivity contribution is -0.135. The summed E-state index contributed by atoms with van der Waals surface area (Å²) in [6.45, 7) is 5.38. The van der Waals surface area contributed by atoms with Gasteiger partial charge in [-0.25, -0.2) is 0 Å². The van der Waals surface area contributed by atoms with Gasteiger partial charge in [0.25, 0.3) is 0 Å². The Bertz CT molecular complexity index is 563. The predicted octanol–water partition coefficient (Wildman–Crippen LogP) is 3.86. The van der Waals surface area contributed by atoms with Crippen LogP contribution in [0.25, 0.3) is 0 Å². The molecule has 5 rings (SSSR count). The molecule has 1 unspecified atom stereocenters. The van der Waals surface area contributed by atoms with Crippen molar-refractivity contribution < 1.29 is 11.2 Å². The Hall–Kier alpha value is -0.510. The Labute approximate surface area is 132 Å². The number of aliphatic hydroxyl groups is 1. The molecule has 3 aliphatic carbocycles. The number of aliphatic hydroxyl groups excluding tert-OH is 1. The van der Waals surface area contributed by atoms with Crippen LogP contribution < -0.4 is 0 Å². The lowest BCUT2D eigenvalue weighted by Crippen LogP contribution is -2.59. The van der Waals surface area contributed by atoms with Crippen molar-refractivity contribution in [1.82, 2.24) is 0 Å². The van der Waals surface area contributed by atoms with Crippen LogP contribution in [-0.4, -0.2) is 22.4 Å². The van der Waals surface area contributed by atoms with Gasteiger partial charge in [0.05, 0.1) is 7.98 Å². The van der Waals surface area contributed by atoms with E-state index in [4.69, 9.17) is 6.11 Å². The van der Waals surface area contributed by atoms with Crippen molar-refractivity contribution in [1.29, 1.82) is 0 Å². The van der Waals surface area contributed by atoms with E-state index in [0.29, 0.717) is 23.2 Å². The van der Waals surface area contributed by atoms with Gasteiger partial charge in [0.15, 0.2) is 0 Å². The summed E-state index contributed by atoms with van der Waals surface area (Å²) < 4.78 is 14.6. The van der Waals surface area contributed by atoms with E-state index in [1.807, 2.05) is 30.3 Å². The molecule has 1 N–H and O–H groups in total. The highest BCUT2D eigenvalue weighted by molar-refractivity contribution is 8.00. The van der Waals surface area contributed by atoms with Gasteiger partial charge in [0.2, 0.25) is 0 Å². The van der Waals surface area contributed by atoms with Crippen LogP contribution in [0.4, 0.5) is 0 Å². The van der Waals surface area contributed by atoms with Gasteiger partial charge in [-0.2, -0.15) is 0 Å². The molecule has 6 atom stereocenters. The molecule has 0 aromatic heterocycles. The van der Waals surface area contributed by atoms with Crippen molar-refractivity contribution in [2.75, 3.05) is 6.61 Å². The van der Waals surface area contributed by atoms with E-state index in [-0.39, 0.29) is 0 Å². The zero-order chi connectivity index (χ0) is 15.5. The van der Waals surface area contributed by atoms with Gasteiger partial charge in [-0.05, 0) is 41.6 Å². The highest BCUT2D eigenvalue weighted by Crippen LogP contribution is 2.64. The fourth-order valence-corrected chi connectivity index (χ4v) is 6.00. The predicted molar refractivity (Wildman–Crippen MR) is 86.0 cm³/mol. The summed E-state index contributed by atoms with van der Waals surface area (Å²) in [5.41, 5.74) is -0.0635. The lowest BCUT2D eigenvalue weighted by atomic mass is 9.45. The third-order valence-electron chi connectivity index (χ3n) is 6.08. The summed E-state index contributed by atoms with van der Waals surface area (Å²) in [7, 11) is 0.